The van der Waals surface area contributed by atoms with E-state index in [-0.39, 0.29) is 0 Å². The summed E-state index contributed by atoms with van der Waals surface area (Å²) in [5.41, 5.74) is 8.24. The minimum Gasteiger partial charge on any atom is -0.330 e. The first kappa shape index (κ1) is 14.0. The van der Waals surface area contributed by atoms with E-state index in [0.717, 1.165) is 19.4 Å². The zero-order chi connectivity index (χ0) is 12.3. The van der Waals surface area contributed by atoms with Crippen LogP contribution in [0.3, 0.4) is 0 Å². The van der Waals surface area contributed by atoms with Gasteiger partial charge >= 0.3 is 0 Å². The number of hydrogen-bond acceptors (Lipinski definition) is 1. The van der Waals surface area contributed by atoms with Crippen LogP contribution in [0.2, 0.25) is 0 Å². The van der Waals surface area contributed by atoms with Gasteiger partial charge in [0.15, 0.2) is 0 Å². The van der Waals surface area contributed by atoms with E-state index in [0.29, 0.717) is 0 Å². The van der Waals surface area contributed by atoms with Gasteiger partial charge in [-0.2, -0.15) is 0 Å². The van der Waals surface area contributed by atoms with Crippen molar-refractivity contribution in [3.05, 3.63) is 41.5 Å². The van der Waals surface area contributed by atoms with Gasteiger partial charge in [-0.1, -0.05) is 56.2 Å². The van der Waals surface area contributed by atoms with Gasteiger partial charge in [0.2, 0.25) is 0 Å². The number of allylic oxidation sites excluding steroid dienone is 1. The molecule has 0 radical (unpaired) electrons. The topological polar surface area (TPSA) is 26.0 Å². The Balaban J connectivity index is 2.41. The highest BCUT2D eigenvalue weighted by Gasteiger charge is 1.93. The van der Waals surface area contributed by atoms with Crippen LogP contribution in [0.4, 0.5) is 0 Å². The molecule has 0 bridgehead atoms. The fraction of sp³-hybridized carbons (Fsp3) is 0.500. The molecule has 1 aromatic rings. The van der Waals surface area contributed by atoms with Crippen LogP contribution in [0.25, 0.3) is 6.08 Å². The van der Waals surface area contributed by atoms with E-state index in [2.05, 4.69) is 43.3 Å². The van der Waals surface area contributed by atoms with Crippen molar-refractivity contribution < 1.29 is 0 Å². The number of nitrogens with two attached hydrogens (primary N) is 1. The molecule has 0 aliphatic rings. The van der Waals surface area contributed by atoms with Gasteiger partial charge < -0.3 is 5.73 Å². The quantitative estimate of drug-likeness (QED) is 0.668. The minimum atomic E-state index is 0.775. The van der Waals surface area contributed by atoms with E-state index in [1.165, 1.54) is 36.8 Å². The molecular formula is C16H25N. The number of rotatable bonds is 8. The lowest BCUT2D eigenvalue weighted by molar-refractivity contribution is 0.730. The van der Waals surface area contributed by atoms with Crippen molar-refractivity contribution >= 4 is 6.08 Å². The predicted octanol–water partition coefficient (Wildman–Crippen LogP) is 4.17. The van der Waals surface area contributed by atoms with Crippen LogP contribution in [-0.4, -0.2) is 6.54 Å². The number of benzene rings is 1. The Morgan fingerprint density at radius 2 is 2.06 bits per heavy atom. The minimum absolute atomic E-state index is 0.775. The van der Waals surface area contributed by atoms with Gasteiger partial charge in [-0.15, -0.1) is 0 Å². The molecule has 2 N–H and O–H groups in total. The molecule has 1 rings (SSSR count). The average molecular weight is 231 g/mol. The Morgan fingerprint density at radius 1 is 1.18 bits per heavy atom. The van der Waals surface area contributed by atoms with E-state index in [1.807, 2.05) is 0 Å². The monoisotopic (exact) mass is 231 g/mol. The molecule has 0 aliphatic carbocycles. The summed E-state index contributed by atoms with van der Waals surface area (Å²) in [6.07, 6.45) is 11.8. The van der Waals surface area contributed by atoms with E-state index >= 15 is 0 Å². The van der Waals surface area contributed by atoms with Crippen LogP contribution < -0.4 is 5.73 Å². The molecule has 1 aromatic carbocycles. The lowest BCUT2D eigenvalue weighted by Gasteiger charge is -2.01. The van der Waals surface area contributed by atoms with E-state index in [4.69, 9.17) is 5.73 Å². The molecular weight excluding hydrogens is 206 g/mol. The van der Waals surface area contributed by atoms with E-state index in [9.17, 15) is 0 Å². The zero-order valence-corrected chi connectivity index (χ0v) is 11.0. The SMILES string of the molecule is CCCCCC=Cc1cccc(CCCN)c1. The molecule has 0 aliphatic heterocycles. The maximum Gasteiger partial charge on any atom is -0.00741 e. The van der Waals surface area contributed by atoms with Crippen molar-refractivity contribution in [1.82, 2.24) is 0 Å². The fourth-order valence-electron chi connectivity index (χ4n) is 1.89. The first-order chi connectivity index (χ1) is 8.36. The molecule has 0 spiro atoms. The van der Waals surface area contributed by atoms with Crippen LogP contribution in [-0.2, 0) is 6.42 Å². The Morgan fingerprint density at radius 3 is 2.82 bits per heavy atom. The molecule has 0 atom stereocenters. The van der Waals surface area contributed by atoms with Gasteiger partial charge in [0.05, 0.1) is 0 Å². The average Bonchev–Trinajstić information content (AvgIpc) is 2.37. The largest absolute Gasteiger partial charge is 0.330 e. The molecule has 17 heavy (non-hydrogen) atoms. The van der Waals surface area contributed by atoms with Gasteiger partial charge in [-0.05, 0) is 43.4 Å². The van der Waals surface area contributed by atoms with Crippen LogP contribution in [0.5, 0.6) is 0 Å². The standard InChI is InChI=1S/C16H25N/c1-2-3-4-5-6-9-15-10-7-11-16(14-15)12-8-13-17/h6-7,9-11,14H,2-5,8,12-13,17H2,1H3. The summed E-state index contributed by atoms with van der Waals surface area (Å²) >= 11 is 0. The van der Waals surface area contributed by atoms with Crippen molar-refractivity contribution in [2.75, 3.05) is 6.54 Å². The highest BCUT2D eigenvalue weighted by molar-refractivity contribution is 5.50. The molecule has 0 saturated heterocycles. The molecule has 0 amide bonds. The summed E-state index contributed by atoms with van der Waals surface area (Å²) in [6.45, 7) is 3.02. The van der Waals surface area contributed by atoms with Gasteiger partial charge in [0, 0.05) is 0 Å². The second-order valence-electron chi connectivity index (χ2n) is 4.54. The van der Waals surface area contributed by atoms with E-state index in [1.54, 1.807) is 0 Å². The van der Waals surface area contributed by atoms with Gasteiger partial charge in [-0.25, -0.2) is 0 Å². The molecule has 94 valence electrons. The van der Waals surface area contributed by atoms with Gasteiger partial charge in [0.25, 0.3) is 0 Å². The molecule has 0 aromatic heterocycles. The highest BCUT2D eigenvalue weighted by atomic mass is 14.5. The third-order valence-electron chi connectivity index (χ3n) is 2.91. The summed E-state index contributed by atoms with van der Waals surface area (Å²) in [4.78, 5) is 0. The van der Waals surface area contributed by atoms with Crippen molar-refractivity contribution in [2.45, 2.75) is 45.4 Å². The second-order valence-corrected chi connectivity index (χ2v) is 4.54. The lowest BCUT2D eigenvalue weighted by atomic mass is 10.1. The van der Waals surface area contributed by atoms with Crippen molar-refractivity contribution in [2.24, 2.45) is 5.73 Å². The van der Waals surface area contributed by atoms with Gasteiger partial charge in [-0.3, -0.25) is 0 Å². The Labute approximate surface area is 106 Å². The first-order valence-electron chi connectivity index (χ1n) is 6.82. The fourth-order valence-corrected chi connectivity index (χ4v) is 1.89. The van der Waals surface area contributed by atoms with Crippen molar-refractivity contribution in [3.8, 4) is 0 Å². The third kappa shape index (κ3) is 6.28. The summed E-state index contributed by atoms with van der Waals surface area (Å²) in [5, 5.41) is 0. The van der Waals surface area contributed by atoms with Gasteiger partial charge in [0.1, 0.15) is 0 Å². The smallest absolute Gasteiger partial charge is 0.00741 e. The van der Waals surface area contributed by atoms with Crippen molar-refractivity contribution in [3.63, 3.8) is 0 Å². The predicted molar refractivity (Wildman–Crippen MR) is 77.0 cm³/mol. The van der Waals surface area contributed by atoms with E-state index < -0.39 is 0 Å². The normalized spacial score (nSPS) is 11.2. The summed E-state index contributed by atoms with van der Waals surface area (Å²) in [5.74, 6) is 0. The number of hydrogen-bond donors (Lipinski definition) is 1. The lowest BCUT2D eigenvalue weighted by Crippen LogP contribution is -2.00. The number of unbranched alkanes of at least 4 members (excludes halogenated alkanes) is 3. The van der Waals surface area contributed by atoms with Crippen LogP contribution >= 0.6 is 0 Å². The summed E-state index contributed by atoms with van der Waals surface area (Å²) in [7, 11) is 0. The second kappa shape index (κ2) is 9.00. The molecule has 1 nitrogen and oxygen atoms in total. The van der Waals surface area contributed by atoms with Crippen LogP contribution in [0.1, 0.15) is 50.2 Å². The molecule has 0 unspecified atom stereocenters. The molecule has 0 heterocycles. The molecule has 0 fully saturated rings. The number of aryl methyl sites for hydroxylation is 1. The maximum atomic E-state index is 5.53. The summed E-state index contributed by atoms with van der Waals surface area (Å²) in [6, 6.07) is 8.76. The molecule has 1 heteroatoms. The third-order valence-corrected chi connectivity index (χ3v) is 2.91. The molecule has 0 saturated carbocycles. The maximum absolute atomic E-state index is 5.53. The Kier molecular flexibility index (Phi) is 7.40. The first-order valence-corrected chi connectivity index (χ1v) is 6.82. The van der Waals surface area contributed by atoms with Crippen molar-refractivity contribution in [1.29, 1.82) is 0 Å². The Bertz CT molecular complexity index is 328. The van der Waals surface area contributed by atoms with Crippen LogP contribution in [0.15, 0.2) is 30.3 Å². The Hall–Kier alpha value is -1.08. The summed E-state index contributed by atoms with van der Waals surface area (Å²) < 4.78 is 0. The van der Waals surface area contributed by atoms with Crippen LogP contribution in [0, 0.1) is 0 Å². The zero-order valence-electron chi connectivity index (χ0n) is 11.0. The highest BCUT2D eigenvalue weighted by Crippen LogP contribution is 2.10.